The number of benzene rings is 1. The first-order valence-corrected chi connectivity index (χ1v) is 12.2. The van der Waals surface area contributed by atoms with Gasteiger partial charge in [0.2, 0.25) is 0 Å². The zero-order valence-corrected chi connectivity index (χ0v) is 19.1. The molecule has 0 aliphatic carbocycles. The normalized spacial score (nSPS) is 24.7. The van der Waals surface area contributed by atoms with Gasteiger partial charge in [-0.25, -0.2) is 4.79 Å². The first kappa shape index (κ1) is 25.2. The molecule has 31 heavy (non-hydrogen) atoms. The third-order valence-electron chi connectivity index (χ3n) is 5.84. The van der Waals surface area contributed by atoms with Crippen LogP contribution in [-0.4, -0.2) is 56.9 Å². The van der Waals surface area contributed by atoms with Crippen LogP contribution < -0.4 is 5.32 Å². The van der Waals surface area contributed by atoms with E-state index in [2.05, 4.69) is 5.32 Å². The van der Waals surface area contributed by atoms with Crippen molar-refractivity contribution in [2.24, 2.45) is 0 Å². The van der Waals surface area contributed by atoms with Gasteiger partial charge in [0.1, 0.15) is 11.8 Å². The van der Waals surface area contributed by atoms with Crippen LogP contribution in [0.15, 0.2) is 30.3 Å². The van der Waals surface area contributed by atoms with Crippen LogP contribution in [0.25, 0.3) is 0 Å². The molecule has 3 amide bonds. The van der Waals surface area contributed by atoms with Crippen molar-refractivity contribution in [1.82, 2.24) is 5.32 Å². The van der Waals surface area contributed by atoms with Gasteiger partial charge in [-0.2, -0.15) is 9.28 Å². The van der Waals surface area contributed by atoms with Crippen molar-refractivity contribution in [2.75, 3.05) is 6.54 Å². The van der Waals surface area contributed by atoms with Crippen LogP contribution in [-0.2, 0) is 13.9 Å². The largest absolute Gasteiger partial charge is 0.521 e. The Labute approximate surface area is 182 Å². The Balaban J connectivity index is 2.20. The molecule has 0 saturated carbocycles. The van der Waals surface area contributed by atoms with E-state index in [1.54, 1.807) is 37.3 Å². The quantitative estimate of drug-likeness (QED) is 0.382. The Morgan fingerprint density at radius 2 is 1.94 bits per heavy atom. The van der Waals surface area contributed by atoms with Gasteiger partial charge in [0.25, 0.3) is 5.91 Å². The molecule has 1 aromatic carbocycles. The van der Waals surface area contributed by atoms with E-state index in [4.69, 9.17) is 4.52 Å². The Hall–Kier alpha value is -2.06. The van der Waals surface area contributed by atoms with Crippen molar-refractivity contribution in [3.05, 3.63) is 35.9 Å². The van der Waals surface area contributed by atoms with Gasteiger partial charge in [-0.3, -0.25) is 13.9 Å². The number of carboxylic acid groups (broad SMARTS) is 1. The number of quaternary nitrogens is 1. The summed E-state index contributed by atoms with van der Waals surface area (Å²) in [5.41, 5.74) is 0.328. The third-order valence-corrected chi connectivity index (χ3v) is 7.63. The molecule has 5 atom stereocenters. The van der Waals surface area contributed by atoms with E-state index in [1.165, 1.54) is 6.92 Å². The van der Waals surface area contributed by atoms with Crippen LogP contribution in [0, 0.1) is 0 Å². The van der Waals surface area contributed by atoms with Gasteiger partial charge in [0, 0.05) is 18.4 Å². The van der Waals surface area contributed by atoms with Gasteiger partial charge in [0.05, 0.1) is 6.54 Å². The summed E-state index contributed by atoms with van der Waals surface area (Å²) in [4.78, 5) is 48.1. The second-order valence-corrected chi connectivity index (χ2v) is 9.98. The van der Waals surface area contributed by atoms with Crippen LogP contribution in [0.4, 0.5) is 4.79 Å². The number of hydrogen-bond donors (Lipinski definition) is 3. The van der Waals surface area contributed by atoms with E-state index in [0.717, 1.165) is 6.42 Å². The summed E-state index contributed by atoms with van der Waals surface area (Å²) in [5.74, 6) is -2.51. The second-order valence-electron chi connectivity index (χ2n) is 8.01. The van der Waals surface area contributed by atoms with E-state index >= 15 is 0 Å². The highest BCUT2D eigenvalue weighted by Crippen LogP contribution is 2.50. The number of unbranched alkanes of at least 4 members (excludes halogenated alkanes) is 1. The van der Waals surface area contributed by atoms with E-state index in [1.807, 2.05) is 6.92 Å². The molecule has 1 heterocycles. The highest BCUT2D eigenvalue weighted by molar-refractivity contribution is 7.53. The molecule has 2 rings (SSSR count). The zero-order valence-electron chi connectivity index (χ0n) is 18.2. The number of carbonyl (C=O) groups is 3. The van der Waals surface area contributed by atoms with E-state index in [9.17, 15) is 28.9 Å². The fourth-order valence-electron chi connectivity index (χ4n) is 3.99. The number of likely N-dealkylation sites (tertiary alicyclic amines) is 1. The minimum absolute atomic E-state index is 0.114. The summed E-state index contributed by atoms with van der Waals surface area (Å²) < 4.78 is 17.6. The Bertz CT molecular complexity index is 847. The van der Waals surface area contributed by atoms with Crippen LogP contribution in [0.2, 0.25) is 0 Å². The van der Waals surface area contributed by atoms with Gasteiger partial charge in [-0.1, -0.05) is 38.0 Å². The molecule has 1 fully saturated rings. The number of amides is 3. The summed E-state index contributed by atoms with van der Waals surface area (Å²) in [6.45, 7) is 4.98. The van der Waals surface area contributed by atoms with E-state index < -0.39 is 47.9 Å². The number of nitrogens with one attached hydrogen (secondary N) is 1. The highest BCUT2D eigenvalue weighted by atomic mass is 31.2. The minimum Gasteiger partial charge on any atom is -0.435 e. The van der Waals surface area contributed by atoms with Gasteiger partial charge >= 0.3 is 19.6 Å². The molecule has 0 aromatic heterocycles. The predicted octanol–water partition coefficient (Wildman–Crippen LogP) is 3.73. The molecule has 0 radical (unpaired) electrons. The fraction of sp³-hybridized carbons (Fsp3) is 0.571. The molecular weight excluding hydrogens is 423 g/mol. The van der Waals surface area contributed by atoms with Gasteiger partial charge < -0.3 is 15.3 Å². The topological polar surface area (TPSA) is 130 Å². The number of imide groups is 1. The van der Waals surface area contributed by atoms with Crippen LogP contribution >= 0.6 is 7.60 Å². The Morgan fingerprint density at radius 3 is 2.45 bits per heavy atom. The summed E-state index contributed by atoms with van der Waals surface area (Å²) in [6, 6.07) is 7.81. The lowest BCUT2D eigenvalue weighted by atomic mass is 10.2. The lowest BCUT2D eigenvalue weighted by Crippen LogP contribution is -2.61. The van der Waals surface area contributed by atoms with Crippen molar-refractivity contribution in [3.8, 4) is 0 Å². The lowest BCUT2D eigenvalue weighted by molar-refractivity contribution is -0.793. The average molecular weight is 455 g/mol. The van der Waals surface area contributed by atoms with Crippen molar-refractivity contribution in [2.45, 2.75) is 70.8 Å². The van der Waals surface area contributed by atoms with Crippen molar-refractivity contribution >= 4 is 25.5 Å². The van der Waals surface area contributed by atoms with Crippen LogP contribution in [0.3, 0.4) is 0 Å². The molecule has 10 heteroatoms. The number of hydrogen-bond acceptors (Lipinski definition) is 5. The summed E-state index contributed by atoms with van der Waals surface area (Å²) in [7, 11) is -4.49. The van der Waals surface area contributed by atoms with Crippen molar-refractivity contribution in [3.63, 3.8) is 0 Å². The molecule has 0 spiro atoms. The van der Waals surface area contributed by atoms with Gasteiger partial charge in [-0.15, -0.1) is 0 Å². The van der Waals surface area contributed by atoms with Crippen LogP contribution in [0.1, 0.15) is 63.2 Å². The first-order valence-electron chi connectivity index (χ1n) is 10.6. The van der Waals surface area contributed by atoms with E-state index in [-0.39, 0.29) is 13.0 Å². The molecule has 172 valence electrons. The van der Waals surface area contributed by atoms with Crippen molar-refractivity contribution in [1.29, 1.82) is 0 Å². The van der Waals surface area contributed by atoms with Gasteiger partial charge in [-0.05, 0) is 32.4 Å². The maximum Gasteiger partial charge on any atom is 0.521 e. The SMILES string of the molecule is CCCCC(NC(=O)c1ccccc1)P(=O)(O)OC(C)C(=O)[N@+]1(C(=O)O)CCCC1C. The zero-order chi connectivity index (χ0) is 23.2. The number of rotatable bonds is 9. The summed E-state index contributed by atoms with van der Waals surface area (Å²) in [6.07, 6.45) is -0.129. The molecular formula is C21H32N2O7P+. The molecule has 0 bridgehead atoms. The van der Waals surface area contributed by atoms with E-state index in [0.29, 0.717) is 24.8 Å². The standard InChI is InChI=1S/C21H31N2O7P/c1-4-5-13-18(22-19(24)17-11-7-6-8-12-17)31(28,29)30-16(3)20(25)23(21(26)27)14-9-10-15(23)2/h6-8,11-12,15-16,18H,4-5,9-10,13-14H2,1-3H3,(H2-,22,24,26,27,28,29)/p+1/t15?,16?,18?,23-/m0/s1. The minimum atomic E-state index is -4.49. The monoisotopic (exact) mass is 455 g/mol. The third kappa shape index (κ3) is 5.60. The molecule has 1 aliphatic rings. The summed E-state index contributed by atoms with van der Waals surface area (Å²) in [5, 5.41) is 12.3. The molecule has 1 saturated heterocycles. The molecule has 1 aromatic rings. The number of nitrogens with zero attached hydrogens (tertiary/aromatic N) is 1. The maximum absolute atomic E-state index is 13.1. The Morgan fingerprint density at radius 1 is 1.29 bits per heavy atom. The first-order chi connectivity index (χ1) is 14.6. The smallest absolute Gasteiger partial charge is 0.435 e. The van der Waals surface area contributed by atoms with Crippen molar-refractivity contribution < 1.29 is 38.0 Å². The molecule has 3 N–H and O–H groups in total. The summed E-state index contributed by atoms with van der Waals surface area (Å²) >= 11 is 0. The molecule has 9 nitrogen and oxygen atoms in total. The highest BCUT2D eigenvalue weighted by Gasteiger charge is 2.55. The van der Waals surface area contributed by atoms with Crippen LogP contribution in [0.5, 0.6) is 0 Å². The maximum atomic E-state index is 13.1. The average Bonchev–Trinajstić information content (AvgIpc) is 3.12. The molecule has 4 unspecified atom stereocenters. The lowest BCUT2D eigenvalue weighted by Gasteiger charge is -2.33. The van der Waals surface area contributed by atoms with Gasteiger partial charge in [0.15, 0.2) is 6.10 Å². The molecule has 1 aliphatic heterocycles. The second kappa shape index (κ2) is 10.5. The fourth-order valence-corrected chi connectivity index (χ4v) is 5.47. The number of carbonyl (C=O) groups excluding carboxylic acids is 2. The predicted molar refractivity (Wildman–Crippen MR) is 114 cm³/mol. The Kier molecular flexibility index (Phi) is 8.54.